The number of aryl methyl sites for hydroxylation is 1. The van der Waals surface area contributed by atoms with Gasteiger partial charge in [-0.1, -0.05) is 42.5 Å². The molecule has 150 valence electrons. The van der Waals surface area contributed by atoms with Crippen molar-refractivity contribution in [2.45, 2.75) is 32.4 Å². The third-order valence-corrected chi connectivity index (χ3v) is 4.52. The summed E-state index contributed by atoms with van der Waals surface area (Å²) >= 11 is 0. The maximum absolute atomic E-state index is 12.4. The van der Waals surface area contributed by atoms with Crippen molar-refractivity contribution in [1.29, 1.82) is 0 Å². The third kappa shape index (κ3) is 5.28. The lowest BCUT2D eigenvalue weighted by atomic mass is 10.2. The predicted molar refractivity (Wildman–Crippen MR) is 109 cm³/mol. The molecule has 0 aliphatic carbocycles. The second-order valence-corrected chi connectivity index (χ2v) is 6.84. The van der Waals surface area contributed by atoms with E-state index in [4.69, 9.17) is 4.74 Å². The molecule has 0 saturated heterocycles. The van der Waals surface area contributed by atoms with Crippen molar-refractivity contribution >= 4 is 22.8 Å². The van der Waals surface area contributed by atoms with Crippen molar-refractivity contribution in [1.82, 2.24) is 14.9 Å². The molecule has 3 aromatic rings. The third-order valence-electron chi connectivity index (χ3n) is 4.52. The van der Waals surface area contributed by atoms with Gasteiger partial charge >= 0.3 is 5.97 Å². The van der Waals surface area contributed by atoms with Crippen LogP contribution in [-0.2, 0) is 27.3 Å². The fourth-order valence-electron chi connectivity index (χ4n) is 3.03. The number of hydrogen-bond donors (Lipinski definition) is 1. The first-order valence-corrected chi connectivity index (χ1v) is 9.40. The number of para-hydroxylation sites is 1. The van der Waals surface area contributed by atoms with Crippen molar-refractivity contribution in [2.24, 2.45) is 0 Å². The van der Waals surface area contributed by atoms with Gasteiger partial charge in [-0.2, -0.15) is 0 Å². The Bertz CT molecular complexity index is 1060. The van der Waals surface area contributed by atoms with Crippen LogP contribution < -0.4 is 5.56 Å². The highest BCUT2D eigenvalue weighted by Gasteiger charge is 2.21. The molecule has 0 radical (unpaired) electrons. The minimum absolute atomic E-state index is 0.0152. The second kappa shape index (κ2) is 9.14. The van der Waals surface area contributed by atoms with Gasteiger partial charge in [-0.25, -0.2) is 4.98 Å². The number of rotatable bonds is 7. The van der Waals surface area contributed by atoms with Crippen LogP contribution in [0.3, 0.4) is 0 Å². The van der Waals surface area contributed by atoms with E-state index >= 15 is 0 Å². The topological polar surface area (TPSA) is 92.4 Å². The summed E-state index contributed by atoms with van der Waals surface area (Å²) in [6.07, 6.45) is -0.652. The summed E-state index contributed by atoms with van der Waals surface area (Å²) in [6, 6.07) is 16.6. The summed E-state index contributed by atoms with van der Waals surface area (Å²) in [5.41, 5.74) is 1.32. The van der Waals surface area contributed by atoms with E-state index in [-0.39, 0.29) is 24.3 Å². The molecule has 0 saturated carbocycles. The summed E-state index contributed by atoms with van der Waals surface area (Å²) in [7, 11) is 1.67. The molecule has 0 spiro atoms. The molecule has 0 fully saturated rings. The predicted octanol–water partition coefficient (Wildman–Crippen LogP) is 2.45. The summed E-state index contributed by atoms with van der Waals surface area (Å²) in [5, 5.41) is 0.500. The average molecular weight is 393 g/mol. The first kappa shape index (κ1) is 20.3. The molecule has 1 N–H and O–H groups in total. The number of carbonyl (C=O) groups excluding carboxylic acids is 2. The molecule has 3 rings (SSSR count). The number of nitrogens with one attached hydrogen (secondary N) is 1. The van der Waals surface area contributed by atoms with Crippen LogP contribution in [0.5, 0.6) is 0 Å². The zero-order valence-corrected chi connectivity index (χ0v) is 16.4. The van der Waals surface area contributed by atoms with Gasteiger partial charge in [0.2, 0.25) is 0 Å². The van der Waals surface area contributed by atoms with E-state index in [9.17, 15) is 14.4 Å². The zero-order valence-electron chi connectivity index (χ0n) is 16.4. The molecule has 1 heterocycles. The van der Waals surface area contributed by atoms with E-state index in [1.54, 1.807) is 38.2 Å². The maximum atomic E-state index is 12.4. The van der Waals surface area contributed by atoms with Gasteiger partial charge in [0.15, 0.2) is 6.10 Å². The quantitative estimate of drug-likeness (QED) is 0.623. The van der Waals surface area contributed by atoms with Gasteiger partial charge in [0.1, 0.15) is 5.82 Å². The van der Waals surface area contributed by atoms with E-state index in [0.717, 1.165) is 5.56 Å². The van der Waals surface area contributed by atoms with Crippen LogP contribution in [0.2, 0.25) is 0 Å². The standard InChI is InChI=1S/C22H23N3O4/c1-15(22(28)25(2)14-16-8-4-3-5-9-16)29-20(26)13-12-19-23-18-11-7-6-10-17(18)21(27)24-19/h3-11,15H,12-14H2,1-2H3,(H,23,24,27)/t15-/m0/s1. The van der Waals surface area contributed by atoms with Crippen LogP contribution >= 0.6 is 0 Å². The molecule has 1 amide bonds. The van der Waals surface area contributed by atoms with Crippen LogP contribution in [0.1, 0.15) is 24.7 Å². The van der Waals surface area contributed by atoms with E-state index in [2.05, 4.69) is 9.97 Å². The highest BCUT2D eigenvalue weighted by Crippen LogP contribution is 2.09. The Morgan fingerprint density at radius 2 is 1.79 bits per heavy atom. The SMILES string of the molecule is C[C@H](OC(=O)CCc1nc2ccccc2c(=O)[nH]1)C(=O)N(C)Cc1ccccc1. The Balaban J connectivity index is 1.53. The number of amides is 1. The molecule has 7 heteroatoms. The van der Waals surface area contributed by atoms with Gasteiger partial charge in [0.25, 0.3) is 11.5 Å². The minimum atomic E-state index is -0.889. The Kier molecular flexibility index (Phi) is 6.39. The van der Waals surface area contributed by atoms with Gasteiger partial charge in [0.05, 0.1) is 17.3 Å². The number of likely N-dealkylation sites (N-methyl/N-ethyl adjacent to an activating group) is 1. The highest BCUT2D eigenvalue weighted by atomic mass is 16.5. The lowest BCUT2D eigenvalue weighted by molar-refractivity contribution is -0.158. The fraction of sp³-hybridized carbons (Fsp3) is 0.273. The number of ether oxygens (including phenoxy) is 1. The molecule has 0 unspecified atom stereocenters. The molecule has 0 aliphatic rings. The van der Waals surface area contributed by atoms with Gasteiger partial charge in [-0.15, -0.1) is 0 Å². The Morgan fingerprint density at radius 3 is 2.55 bits per heavy atom. The van der Waals surface area contributed by atoms with E-state index in [1.165, 1.54) is 4.90 Å². The van der Waals surface area contributed by atoms with E-state index in [1.807, 2.05) is 30.3 Å². The molecule has 0 bridgehead atoms. The van der Waals surface area contributed by atoms with Crippen molar-refractivity contribution in [3.8, 4) is 0 Å². The van der Waals surface area contributed by atoms with Crippen LogP contribution in [0.4, 0.5) is 0 Å². The van der Waals surface area contributed by atoms with Crippen molar-refractivity contribution in [3.63, 3.8) is 0 Å². The summed E-state index contributed by atoms with van der Waals surface area (Å²) < 4.78 is 5.26. The summed E-state index contributed by atoms with van der Waals surface area (Å²) in [6.45, 7) is 1.99. The minimum Gasteiger partial charge on any atom is -0.453 e. The maximum Gasteiger partial charge on any atom is 0.307 e. The molecular formula is C22H23N3O4. The number of benzene rings is 2. The average Bonchev–Trinajstić information content (AvgIpc) is 2.72. The van der Waals surface area contributed by atoms with E-state index < -0.39 is 12.1 Å². The number of H-pyrrole nitrogens is 1. The number of hydrogen-bond acceptors (Lipinski definition) is 5. The monoisotopic (exact) mass is 393 g/mol. The second-order valence-electron chi connectivity index (χ2n) is 6.84. The number of aromatic nitrogens is 2. The zero-order chi connectivity index (χ0) is 20.8. The molecule has 2 aromatic carbocycles. The fourth-order valence-corrected chi connectivity index (χ4v) is 3.03. The Labute approximate surface area is 168 Å². The van der Waals surface area contributed by atoms with Crippen LogP contribution in [0.15, 0.2) is 59.4 Å². The van der Waals surface area contributed by atoms with Crippen molar-refractivity contribution in [3.05, 3.63) is 76.3 Å². The number of carbonyl (C=O) groups is 2. The van der Waals surface area contributed by atoms with Crippen molar-refractivity contribution in [2.75, 3.05) is 7.05 Å². The van der Waals surface area contributed by atoms with Crippen LogP contribution in [0, 0.1) is 0 Å². The molecular weight excluding hydrogens is 370 g/mol. The molecule has 1 atom stereocenters. The molecule has 1 aromatic heterocycles. The van der Waals surface area contributed by atoms with E-state index in [0.29, 0.717) is 23.3 Å². The van der Waals surface area contributed by atoms with Gasteiger partial charge in [-0.05, 0) is 24.6 Å². The molecule has 29 heavy (non-hydrogen) atoms. The number of nitrogens with zero attached hydrogens (tertiary/aromatic N) is 2. The Morgan fingerprint density at radius 1 is 1.10 bits per heavy atom. The number of esters is 1. The lowest BCUT2D eigenvalue weighted by Gasteiger charge is -2.21. The van der Waals surface area contributed by atoms with Crippen molar-refractivity contribution < 1.29 is 14.3 Å². The first-order valence-electron chi connectivity index (χ1n) is 9.40. The summed E-state index contributed by atoms with van der Waals surface area (Å²) in [4.78, 5) is 45.2. The van der Waals surface area contributed by atoms with Gasteiger partial charge in [0, 0.05) is 20.0 Å². The normalized spacial score (nSPS) is 11.8. The largest absolute Gasteiger partial charge is 0.453 e. The van der Waals surface area contributed by atoms with Gasteiger partial charge < -0.3 is 14.6 Å². The molecule has 0 aliphatic heterocycles. The smallest absolute Gasteiger partial charge is 0.307 e. The molecule has 7 nitrogen and oxygen atoms in total. The first-order chi connectivity index (χ1) is 13.9. The van der Waals surface area contributed by atoms with Crippen LogP contribution in [-0.4, -0.2) is 39.9 Å². The van der Waals surface area contributed by atoms with Gasteiger partial charge in [-0.3, -0.25) is 14.4 Å². The number of fused-ring (bicyclic) bond motifs is 1. The van der Waals surface area contributed by atoms with Crippen LogP contribution in [0.25, 0.3) is 10.9 Å². The lowest BCUT2D eigenvalue weighted by Crippen LogP contribution is -2.37. The number of aromatic amines is 1. The summed E-state index contributed by atoms with van der Waals surface area (Å²) in [5.74, 6) is -0.389. The highest BCUT2D eigenvalue weighted by molar-refractivity contribution is 5.83. The Hall–Kier alpha value is -3.48.